The van der Waals surface area contributed by atoms with Crippen LogP contribution < -0.4 is 0 Å². The third kappa shape index (κ3) is 9.94. The molecule has 0 aromatic rings. The van der Waals surface area contributed by atoms with Gasteiger partial charge in [0.25, 0.3) is 0 Å². The number of aliphatic hydroxyl groups is 1. The van der Waals surface area contributed by atoms with Crippen LogP contribution in [-0.2, 0) is 13.0 Å². The number of aliphatic hydroxyl groups excluding tert-OH is 1. The van der Waals surface area contributed by atoms with Crippen LogP contribution >= 0.6 is 0 Å². The molecule has 4 nitrogen and oxygen atoms in total. The molecule has 0 spiro atoms. The number of hydrogen-bond acceptors (Lipinski definition) is 4. The molecule has 0 saturated carbocycles. The van der Waals surface area contributed by atoms with Crippen LogP contribution in [0.4, 0.5) is 0 Å². The SMILES string of the molecule is CC[Si](C)(C)O[Si](C)(C)O[Si](C)(C)CCOCCO. The van der Waals surface area contributed by atoms with E-state index in [1.807, 2.05) is 0 Å². The summed E-state index contributed by atoms with van der Waals surface area (Å²) in [4.78, 5) is 0. The molecule has 0 aliphatic heterocycles. The summed E-state index contributed by atoms with van der Waals surface area (Å²) in [7, 11) is -5.36. The number of rotatable bonds is 10. The fraction of sp³-hybridized carbons (Fsp3) is 1.00. The lowest BCUT2D eigenvalue weighted by Gasteiger charge is -2.38. The van der Waals surface area contributed by atoms with Gasteiger partial charge in [-0.25, -0.2) is 0 Å². The number of ether oxygens (including phenoxy) is 1. The molecule has 0 heterocycles. The summed E-state index contributed by atoms with van der Waals surface area (Å²) in [6, 6.07) is 2.06. The fourth-order valence-corrected chi connectivity index (χ4v) is 14.8. The van der Waals surface area contributed by atoms with Crippen molar-refractivity contribution in [3.8, 4) is 0 Å². The lowest BCUT2D eigenvalue weighted by Crippen LogP contribution is -2.52. The summed E-state index contributed by atoms with van der Waals surface area (Å²) in [5, 5.41) is 8.68. The minimum atomic E-state index is -2.05. The monoisotopic (exact) mass is 324 g/mol. The molecule has 0 saturated heterocycles. The molecule has 0 aliphatic carbocycles. The van der Waals surface area contributed by atoms with Gasteiger partial charge in [0.15, 0.2) is 16.6 Å². The second-order valence-corrected chi connectivity index (χ2v) is 19.2. The first-order valence-electron chi connectivity index (χ1n) is 7.12. The summed E-state index contributed by atoms with van der Waals surface area (Å²) >= 11 is 0. The zero-order valence-corrected chi connectivity index (χ0v) is 16.7. The molecule has 0 radical (unpaired) electrons. The van der Waals surface area contributed by atoms with E-state index in [2.05, 4.69) is 46.2 Å². The number of hydrogen-bond donors (Lipinski definition) is 1. The largest absolute Gasteiger partial charge is 0.437 e. The van der Waals surface area contributed by atoms with Gasteiger partial charge in [-0.3, -0.25) is 0 Å². The van der Waals surface area contributed by atoms with Gasteiger partial charge in [-0.05, 0) is 51.4 Å². The highest BCUT2D eigenvalue weighted by Gasteiger charge is 2.38. The van der Waals surface area contributed by atoms with E-state index in [1.54, 1.807) is 0 Å². The third-order valence-electron chi connectivity index (χ3n) is 2.98. The van der Waals surface area contributed by atoms with E-state index >= 15 is 0 Å². The first kappa shape index (κ1) is 19.5. The molecule has 0 aliphatic rings. The molecule has 0 atom stereocenters. The Morgan fingerprint density at radius 2 is 1.37 bits per heavy atom. The van der Waals surface area contributed by atoms with Gasteiger partial charge < -0.3 is 18.1 Å². The maximum absolute atomic E-state index is 8.68. The van der Waals surface area contributed by atoms with Crippen LogP contribution in [0, 0.1) is 0 Å². The minimum absolute atomic E-state index is 0.0858. The average Bonchev–Trinajstić information content (AvgIpc) is 2.21. The predicted octanol–water partition coefficient (Wildman–Crippen LogP) is 3.16. The van der Waals surface area contributed by atoms with Crippen LogP contribution in [0.3, 0.4) is 0 Å². The zero-order valence-electron chi connectivity index (χ0n) is 13.7. The van der Waals surface area contributed by atoms with Gasteiger partial charge in [-0.2, -0.15) is 0 Å². The molecule has 0 aromatic carbocycles. The van der Waals surface area contributed by atoms with E-state index in [4.69, 9.17) is 18.1 Å². The molecule has 1 N–H and O–H groups in total. The molecule has 0 bridgehead atoms. The Morgan fingerprint density at radius 3 is 1.84 bits per heavy atom. The van der Waals surface area contributed by atoms with Crippen LogP contribution in [0.15, 0.2) is 0 Å². The molecule has 19 heavy (non-hydrogen) atoms. The van der Waals surface area contributed by atoms with Crippen molar-refractivity contribution >= 4 is 25.2 Å². The van der Waals surface area contributed by atoms with E-state index in [1.165, 1.54) is 0 Å². The molecule has 0 fully saturated rings. The molecule has 0 rings (SSSR count). The van der Waals surface area contributed by atoms with Crippen molar-refractivity contribution in [3.05, 3.63) is 0 Å². The normalized spacial score (nSPS) is 13.9. The van der Waals surface area contributed by atoms with Gasteiger partial charge in [-0.1, -0.05) is 6.92 Å². The predicted molar refractivity (Wildman–Crippen MR) is 87.8 cm³/mol. The van der Waals surface area contributed by atoms with Crippen molar-refractivity contribution in [1.82, 2.24) is 0 Å². The lowest BCUT2D eigenvalue weighted by atomic mass is 10.7. The second-order valence-electron chi connectivity index (χ2n) is 6.56. The third-order valence-corrected chi connectivity index (χ3v) is 14.4. The van der Waals surface area contributed by atoms with Crippen LogP contribution in [0.2, 0.25) is 51.4 Å². The standard InChI is InChI=1S/C12H32O4Si3/c1-8-17(2,3)15-19(6,7)16-18(4,5)12-11-14-10-9-13/h13H,8-12H2,1-7H3. The van der Waals surface area contributed by atoms with Gasteiger partial charge in [-0.15, -0.1) is 0 Å². The summed E-state index contributed by atoms with van der Waals surface area (Å²) in [5.74, 6) is 0. The maximum atomic E-state index is 8.68. The topological polar surface area (TPSA) is 47.9 Å². The first-order chi connectivity index (χ1) is 8.54. The van der Waals surface area contributed by atoms with Gasteiger partial charge in [0.1, 0.15) is 0 Å². The molecule has 116 valence electrons. The van der Waals surface area contributed by atoms with Crippen molar-refractivity contribution in [2.75, 3.05) is 19.8 Å². The molecule has 0 aromatic heterocycles. The molecular formula is C12H32O4Si3. The van der Waals surface area contributed by atoms with E-state index in [-0.39, 0.29) is 6.61 Å². The summed E-state index contributed by atoms with van der Waals surface area (Å²) in [5.41, 5.74) is 0. The quantitative estimate of drug-likeness (QED) is 0.495. The van der Waals surface area contributed by atoms with E-state index in [0.717, 1.165) is 12.1 Å². The smallest absolute Gasteiger partial charge is 0.311 e. The van der Waals surface area contributed by atoms with E-state index < -0.39 is 25.2 Å². The van der Waals surface area contributed by atoms with Gasteiger partial charge in [0, 0.05) is 6.61 Å². The van der Waals surface area contributed by atoms with Crippen molar-refractivity contribution in [2.24, 2.45) is 0 Å². The highest BCUT2D eigenvalue weighted by molar-refractivity contribution is 6.87. The highest BCUT2D eigenvalue weighted by Crippen LogP contribution is 2.24. The molecular weight excluding hydrogens is 292 g/mol. The Labute approximate surface area is 122 Å². The minimum Gasteiger partial charge on any atom is -0.437 e. The van der Waals surface area contributed by atoms with E-state index in [0.29, 0.717) is 13.2 Å². The van der Waals surface area contributed by atoms with Crippen LogP contribution in [0.5, 0.6) is 0 Å². The Kier molecular flexibility index (Phi) is 8.27. The molecule has 0 unspecified atom stereocenters. The first-order valence-corrected chi connectivity index (χ1v) is 16.2. The Morgan fingerprint density at radius 1 is 0.842 bits per heavy atom. The van der Waals surface area contributed by atoms with Gasteiger partial charge >= 0.3 is 8.56 Å². The van der Waals surface area contributed by atoms with Crippen molar-refractivity contribution in [1.29, 1.82) is 0 Å². The van der Waals surface area contributed by atoms with Crippen molar-refractivity contribution in [3.63, 3.8) is 0 Å². The van der Waals surface area contributed by atoms with Crippen LogP contribution in [0.1, 0.15) is 6.92 Å². The summed E-state index contributed by atoms with van der Waals surface area (Å²) in [6.45, 7) is 16.6. The lowest BCUT2D eigenvalue weighted by molar-refractivity contribution is 0.0998. The van der Waals surface area contributed by atoms with Gasteiger partial charge in [0.2, 0.25) is 0 Å². The van der Waals surface area contributed by atoms with Crippen molar-refractivity contribution < 1.29 is 18.1 Å². The van der Waals surface area contributed by atoms with Gasteiger partial charge in [0.05, 0.1) is 13.2 Å². The Bertz CT molecular complexity index is 257. The zero-order chi connectivity index (χ0) is 15.2. The fourth-order valence-electron chi connectivity index (χ4n) is 1.96. The molecule has 0 amide bonds. The van der Waals surface area contributed by atoms with E-state index in [9.17, 15) is 0 Å². The summed E-state index contributed by atoms with van der Waals surface area (Å²) in [6.07, 6.45) is 0. The van der Waals surface area contributed by atoms with Crippen molar-refractivity contribution in [2.45, 2.75) is 58.3 Å². The molecule has 7 heteroatoms. The average molecular weight is 325 g/mol. The summed E-state index contributed by atoms with van der Waals surface area (Å²) < 4.78 is 18.1. The highest BCUT2D eigenvalue weighted by atomic mass is 28.5. The Balaban J connectivity index is 4.29. The maximum Gasteiger partial charge on any atom is 0.311 e. The Hall–Kier alpha value is 0.491. The van der Waals surface area contributed by atoms with Crippen LogP contribution in [0.25, 0.3) is 0 Å². The second kappa shape index (κ2) is 8.06. The van der Waals surface area contributed by atoms with Crippen LogP contribution in [-0.4, -0.2) is 50.1 Å².